The summed E-state index contributed by atoms with van der Waals surface area (Å²) in [6, 6.07) is 7.79. The molecule has 0 heterocycles. The van der Waals surface area contributed by atoms with Gasteiger partial charge in [0.15, 0.2) is 0 Å². The summed E-state index contributed by atoms with van der Waals surface area (Å²) in [7, 11) is 2.04. The molecular formula is C7H9BN. The molecule has 0 aromatic heterocycles. The molecule has 9 heavy (non-hydrogen) atoms. The molecule has 0 saturated carbocycles. The van der Waals surface area contributed by atoms with Gasteiger partial charge in [-0.05, 0) is 12.1 Å². The van der Waals surface area contributed by atoms with Gasteiger partial charge in [-0.2, -0.15) is 0 Å². The molecule has 0 aliphatic carbocycles. The molecule has 45 valence electrons. The van der Waals surface area contributed by atoms with Crippen LogP contribution in [0, 0.1) is 0 Å². The summed E-state index contributed by atoms with van der Waals surface area (Å²) in [4.78, 5) is 0. The Bertz CT molecular complexity index is 181. The van der Waals surface area contributed by atoms with Gasteiger partial charge in [-0.3, -0.25) is 0 Å². The normalized spacial score (nSPS) is 9.00. The predicted molar refractivity (Wildman–Crippen MR) is 42.1 cm³/mol. The predicted octanol–water partition coefficient (Wildman–Crippen LogP) is 0.646. The Morgan fingerprint density at radius 3 is 2.22 bits per heavy atom. The van der Waals surface area contributed by atoms with E-state index in [-0.39, 0.29) is 0 Å². The van der Waals surface area contributed by atoms with E-state index in [2.05, 4.69) is 0 Å². The van der Waals surface area contributed by atoms with Crippen molar-refractivity contribution in [2.75, 3.05) is 5.73 Å². The molecule has 0 amide bonds. The number of anilines is 1. The fourth-order valence-electron chi connectivity index (χ4n) is 0.688. The summed E-state index contributed by atoms with van der Waals surface area (Å²) >= 11 is 0. The molecule has 1 nitrogen and oxygen atoms in total. The summed E-state index contributed by atoms with van der Waals surface area (Å²) in [6.07, 6.45) is 0. The Kier molecular flexibility index (Phi) is 1.78. The number of hydrogen-bond acceptors (Lipinski definition) is 1. The Morgan fingerprint density at radius 2 is 1.78 bits per heavy atom. The van der Waals surface area contributed by atoms with Crippen molar-refractivity contribution in [2.24, 2.45) is 0 Å². The number of nitrogen functional groups attached to an aromatic ring is 1. The summed E-state index contributed by atoms with van der Waals surface area (Å²) in [5, 5.41) is 0. The first-order valence-corrected chi connectivity index (χ1v) is 2.98. The minimum absolute atomic E-state index is 0.820. The third kappa shape index (κ3) is 1.49. The van der Waals surface area contributed by atoms with Crippen molar-refractivity contribution >= 4 is 18.4 Å². The molecule has 2 N–H and O–H groups in total. The van der Waals surface area contributed by atoms with Crippen LogP contribution in [0.15, 0.2) is 24.3 Å². The standard InChI is InChI=1S/C7H9BN/c1-8-6-2-4-7(9)5-3-6/h2-5H,9H2,1H3. The van der Waals surface area contributed by atoms with E-state index in [1.807, 2.05) is 38.4 Å². The number of nitrogens with two attached hydrogens (primary N) is 1. The molecule has 1 aromatic carbocycles. The lowest BCUT2D eigenvalue weighted by atomic mass is 9.73. The monoisotopic (exact) mass is 118 g/mol. The molecule has 1 aromatic rings. The minimum atomic E-state index is 0.820. The third-order valence-electron chi connectivity index (χ3n) is 1.27. The molecule has 0 spiro atoms. The number of hydrogen-bond donors (Lipinski definition) is 1. The van der Waals surface area contributed by atoms with Crippen molar-refractivity contribution in [1.29, 1.82) is 0 Å². The molecule has 0 aliphatic heterocycles. The molecule has 0 fully saturated rings. The van der Waals surface area contributed by atoms with Crippen molar-refractivity contribution in [3.05, 3.63) is 24.3 Å². The first kappa shape index (κ1) is 6.21. The average Bonchev–Trinajstić information content (AvgIpc) is 1.90. The van der Waals surface area contributed by atoms with Gasteiger partial charge in [0.1, 0.15) is 7.28 Å². The maximum Gasteiger partial charge on any atom is 0.148 e. The van der Waals surface area contributed by atoms with Gasteiger partial charge in [-0.25, -0.2) is 0 Å². The van der Waals surface area contributed by atoms with Gasteiger partial charge in [0.25, 0.3) is 0 Å². The Labute approximate surface area is 56.1 Å². The maximum atomic E-state index is 5.47. The Morgan fingerprint density at radius 1 is 1.22 bits per heavy atom. The van der Waals surface area contributed by atoms with Crippen LogP contribution in [0.4, 0.5) is 5.69 Å². The van der Waals surface area contributed by atoms with Crippen LogP contribution in [0.2, 0.25) is 6.82 Å². The van der Waals surface area contributed by atoms with Crippen LogP contribution in [0.25, 0.3) is 0 Å². The van der Waals surface area contributed by atoms with Gasteiger partial charge in [-0.15, -0.1) is 0 Å². The SMILES string of the molecule is C[B]c1ccc(N)cc1. The van der Waals surface area contributed by atoms with Crippen molar-refractivity contribution in [3.63, 3.8) is 0 Å². The van der Waals surface area contributed by atoms with Crippen LogP contribution < -0.4 is 11.2 Å². The van der Waals surface area contributed by atoms with Crippen LogP contribution in [0.5, 0.6) is 0 Å². The van der Waals surface area contributed by atoms with Gasteiger partial charge in [0.2, 0.25) is 0 Å². The first-order chi connectivity index (χ1) is 4.33. The number of rotatable bonds is 1. The fraction of sp³-hybridized carbons (Fsp3) is 0.143. The molecule has 0 atom stereocenters. The lowest BCUT2D eigenvalue weighted by Crippen LogP contribution is -2.08. The summed E-state index contributed by atoms with van der Waals surface area (Å²) in [5.74, 6) is 0. The molecular weight excluding hydrogens is 109 g/mol. The molecule has 0 aliphatic rings. The maximum absolute atomic E-state index is 5.47. The van der Waals surface area contributed by atoms with E-state index in [9.17, 15) is 0 Å². The molecule has 0 bridgehead atoms. The highest BCUT2D eigenvalue weighted by atomic mass is 14.5. The largest absolute Gasteiger partial charge is 0.399 e. The van der Waals surface area contributed by atoms with Gasteiger partial charge in [0.05, 0.1) is 0 Å². The second kappa shape index (κ2) is 2.58. The molecule has 1 rings (SSSR count). The van der Waals surface area contributed by atoms with Crippen LogP contribution in [0.1, 0.15) is 0 Å². The van der Waals surface area contributed by atoms with Crippen molar-refractivity contribution in [3.8, 4) is 0 Å². The highest BCUT2D eigenvalue weighted by Crippen LogP contribution is 1.94. The zero-order valence-corrected chi connectivity index (χ0v) is 5.46. The number of benzene rings is 1. The van der Waals surface area contributed by atoms with E-state index in [0.717, 1.165) is 5.69 Å². The molecule has 0 unspecified atom stereocenters. The summed E-state index contributed by atoms with van der Waals surface area (Å²) < 4.78 is 0. The van der Waals surface area contributed by atoms with Crippen LogP contribution >= 0.6 is 0 Å². The van der Waals surface area contributed by atoms with Gasteiger partial charge in [-0.1, -0.05) is 24.4 Å². The topological polar surface area (TPSA) is 26.0 Å². The van der Waals surface area contributed by atoms with Crippen LogP contribution in [0.3, 0.4) is 0 Å². The average molecular weight is 118 g/mol. The highest BCUT2D eigenvalue weighted by Gasteiger charge is 1.86. The minimum Gasteiger partial charge on any atom is -0.399 e. The Hall–Kier alpha value is -0.915. The van der Waals surface area contributed by atoms with E-state index < -0.39 is 0 Å². The van der Waals surface area contributed by atoms with E-state index in [0.29, 0.717) is 0 Å². The van der Waals surface area contributed by atoms with Gasteiger partial charge >= 0.3 is 0 Å². The highest BCUT2D eigenvalue weighted by molar-refractivity contribution is 6.51. The second-order valence-electron chi connectivity index (χ2n) is 1.96. The van der Waals surface area contributed by atoms with E-state index >= 15 is 0 Å². The molecule has 2 heteroatoms. The zero-order chi connectivity index (χ0) is 6.69. The van der Waals surface area contributed by atoms with E-state index in [1.54, 1.807) is 0 Å². The smallest absolute Gasteiger partial charge is 0.148 e. The van der Waals surface area contributed by atoms with Crippen LogP contribution in [-0.2, 0) is 0 Å². The van der Waals surface area contributed by atoms with Crippen molar-refractivity contribution in [2.45, 2.75) is 6.82 Å². The zero-order valence-electron chi connectivity index (χ0n) is 5.46. The first-order valence-electron chi connectivity index (χ1n) is 2.98. The fourth-order valence-corrected chi connectivity index (χ4v) is 0.688. The quantitative estimate of drug-likeness (QED) is 0.425. The third-order valence-corrected chi connectivity index (χ3v) is 1.27. The van der Waals surface area contributed by atoms with Gasteiger partial charge in [0, 0.05) is 5.69 Å². The molecule has 1 radical (unpaired) electrons. The van der Waals surface area contributed by atoms with Crippen molar-refractivity contribution in [1.82, 2.24) is 0 Å². The second-order valence-corrected chi connectivity index (χ2v) is 1.96. The van der Waals surface area contributed by atoms with E-state index in [1.165, 1.54) is 5.46 Å². The van der Waals surface area contributed by atoms with E-state index in [4.69, 9.17) is 5.73 Å². The van der Waals surface area contributed by atoms with Gasteiger partial charge < -0.3 is 5.73 Å². The van der Waals surface area contributed by atoms with Crippen LogP contribution in [-0.4, -0.2) is 7.28 Å². The molecule has 0 saturated heterocycles. The lowest BCUT2D eigenvalue weighted by molar-refractivity contribution is 1.72. The van der Waals surface area contributed by atoms with Crippen molar-refractivity contribution < 1.29 is 0 Å². The Balaban J connectivity index is 2.88. The summed E-state index contributed by atoms with van der Waals surface area (Å²) in [6.45, 7) is 2.01. The summed E-state index contributed by atoms with van der Waals surface area (Å²) in [5.41, 5.74) is 7.50. The lowest BCUT2D eigenvalue weighted by Gasteiger charge is -1.93.